The number of carbonyl (C=O) groups is 1. The van der Waals surface area contributed by atoms with E-state index in [0.717, 1.165) is 25.0 Å². The standard InChI is InChI=1S/C33H32F4N8O2/c1-44-18-41-31(43-44)24-6-5-21(33(35,36)37)13-25(24)20-11-29(39-8-4-3-7-38)42-30(12-20)45-17-27-26(32(45)46)9-19(10-28(27)34)16-40-22-14-23(15-22)47-2/h5-6,9-13,18,22-23,40H,3-4,8,14-17H2,1-2H3,(H,39,42). The molecule has 2 aromatic carbocycles. The number of ether oxygens (including phenoxy) is 1. The van der Waals surface area contributed by atoms with Crippen LogP contribution < -0.4 is 15.5 Å². The molecule has 0 radical (unpaired) electrons. The van der Waals surface area contributed by atoms with Gasteiger partial charge >= 0.3 is 6.18 Å². The molecule has 1 amide bonds. The number of benzene rings is 2. The van der Waals surface area contributed by atoms with Crippen LogP contribution in [0.2, 0.25) is 0 Å². The molecular formula is C33H32F4N8O2. The smallest absolute Gasteiger partial charge is 0.381 e. The van der Waals surface area contributed by atoms with E-state index in [1.165, 1.54) is 34.1 Å². The van der Waals surface area contributed by atoms with Crippen LogP contribution in [0.1, 0.15) is 52.7 Å². The Bertz CT molecular complexity index is 1850. The van der Waals surface area contributed by atoms with Crippen LogP contribution in [0.4, 0.5) is 29.2 Å². The van der Waals surface area contributed by atoms with Crippen molar-refractivity contribution in [1.82, 2.24) is 25.1 Å². The highest BCUT2D eigenvalue weighted by Crippen LogP contribution is 2.40. The van der Waals surface area contributed by atoms with Crippen LogP contribution in [0.3, 0.4) is 0 Å². The number of aromatic nitrogens is 4. The number of nitriles is 1. The van der Waals surface area contributed by atoms with Gasteiger partial charge in [0.15, 0.2) is 5.82 Å². The van der Waals surface area contributed by atoms with E-state index in [1.54, 1.807) is 26.3 Å². The molecule has 0 saturated heterocycles. The molecular weight excluding hydrogens is 616 g/mol. The summed E-state index contributed by atoms with van der Waals surface area (Å²) in [5.41, 5.74) is 0.999. The zero-order valence-corrected chi connectivity index (χ0v) is 25.7. The van der Waals surface area contributed by atoms with Gasteiger partial charge in [-0.15, -0.1) is 0 Å². The Morgan fingerprint density at radius 2 is 1.91 bits per heavy atom. The highest BCUT2D eigenvalue weighted by Gasteiger charge is 2.35. The van der Waals surface area contributed by atoms with Gasteiger partial charge in [0.2, 0.25) is 0 Å². The third-order valence-corrected chi connectivity index (χ3v) is 8.43. The molecule has 3 heterocycles. The molecule has 0 spiro atoms. The van der Waals surface area contributed by atoms with Gasteiger partial charge in [-0.3, -0.25) is 14.4 Å². The van der Waals surface area contributed by atoms with Crippen LogP contribution in [0, 0.1) is 17.1 Å². The Balaban J connectivity index is 1.37. The largest absolute Gasteiger partial charge is 0.416 e. The van der Waals surface area contributed by atoms with Crippen LogP contribution in [-0.2, 0) is 31.1 Å². The molecule has 14 heteroatoms. The number of halogens is 4. The first-order valence-corrected chi connectivity index (χ1v) is 15.1. The maximum atomic E-state index is 15.4. The third-order valence-electron chi connectivity index (χ3n) is 8.43. The van der Waals surface area contributed by atoms with Gasteiger partial charge in [0, 0.05) is 56.4 Å². The van der Waals surface area contributed by atoms with Crippen molar-refractivity contribution in [2.45, 2.75) is 57.1 Å². The summed E-state index contributed by atoms with van der Waals surface area (Å²) >= 11 is 0. The van der Waals surface area contributed by atoms with E-state index < -0.39 is 23.5 Å². The highest BCUT2D eigenvalue weighted by molar-refractivity contribution is 6.10. The summed E-state index contributed by atoms with van der Waals surface area (Å²) in [6, 6.07) is 11.8. The van der Waals surface area contributed by atoms with E-state index in [4.69, 9.17) is 10.00 Å². The maximum Gasteiger partial charge on any atom is 0.416 e. The molecule has 0 atom stereocenters. The Kier molecular flexibility index (Phi) is 8.94. The Hall–Kier alpha value is -4.87. The Morgan fingerprint density at radius 1 is 1.11 bits per heavy atom. The number of nitrogens with zero attached hydrogens (tertiary/aromatic N) is 6. The number of carbonyl (C=O) groups excluding carboxylic acids is 1. The van der Waals surface area contributed by atoms with E-state index in [9.17, 15) is 18.0 Å². The summed E-state index contributed by atoms with van der Waals surface area (Å²) in [7, 11) is 3.32. The minimum absolute atomic E-state index is 0.104. The maximum absolute atomic E-state index is 15.4. The van der Waals surface area contributed by atoms with Gasteiger partial charge in [-0.05, 0) is 78.4 Å². The normalized spacial score (nSPS) is 17.4. The summed E-state index contributed by atoms with van der Waals surface area (Å²) in [4.78, 5) is 23.9. The number of amides is 1. The average Bonchev–Trinajstić information content (AvgIpc) is 3.61. The third kappa shape index (κ3) is 6.81. The van der Waals surface area contributed by atoms with E-state index in [2.05, 4.69) is 31.8 Å². The molecule has 1 aliphatic heterocycles. The van der Waals surface area contributed by atoms with Gasteiger partial charge in [0.05, 0.1) is 24.3 Å². The number of alkyl halides is 3. The number of fused-ring (bicyclic) bond motifs is 1. The van der Waals surface area contributed by atoms with Crippen LogP contribution in [0.5, 0.6) is 0 Å². The molecule has 244 valence electrons. The molecule has 1 aliphatic carbocycles. The summed E-state index contributed by atoms with van der Waals surface area (Å²) in [5, 5.41) is 19.7. The zero-order valence-electron chi connectivity index (χ0n) is 25.7. The predicted molar refractivity (Wildman–Crippen MR) is 166 cm³/mol. The average molecular weight is 649 g/mol. The van der Waals surface area contributed by atoms with Gasteiger partial charge < -0.3 is 15.4 Å². The van der Waals surface area contributed by atoms with E-state index in [-0.39, 0.29) is 59.3 Å². The fourth-order valence-electron chi connectivity index (χ4n) is 5.79. The first-order chi connectivity index (χ1) is 22.5. The van der Waals surface area contributed by atoms with Gasteiger partial charge in [-0.1, -0.05) is 0 Å². The summed E-state index contributed by atoms with van der Waals surface area (Å²) in [5.74, 6) is -0.379. The van der Waals surface area contributed by atoms with Crippen molar-refractivity contribution >= 4 is 17.5 Å². The number of rotatable bonds is 11. The first kappa shape index (κ1) is 32.1. The molecule has 2 aromatic heterocycles. The van der Waals surface area contributed by atoms with E-state index >= 15 is 4.39 Å². The van der Waals surface area contributed by atoms with Crippen molar-refractivity contribution in [1.29, 1.82) is 5.26 Å². The van der Waals surface area contributed by atoms with Crippen molar-refractivity contribution in [3.63, 3.8) is 0 Å². The molecule has 2 aliphatic rings. The van der Waals surface area contributed by atoms with Gasteiger partial charge in [-0.25, -0.2) is 14.4 Å². The first-order valence-electron chi connectivity index (χ1n) is 15.1. The van der Waals surface area contributed by atoms with Crippen molar-refractivity contribution < 1.29 is 27.1 Å². The van der Waals surface area contributed by atoms with Gasteiger partial charge in [0.1, 0.15) is 23.8 Å². The molecule has 47 heavy (non-hydrogen) atoms. The van der Waals surface area contributed by atoms with Crippen LogP contribution >= 0.6 is 0 Å². The SMILES string of the molecule is COC1CC(NCc2cc(F)c3c(c2)C(=O)N(c2cc(-c4cc(C(F)(F)F)ccc4-c4ncn(C)n4)cc(NCCCC#N)n2)C3)C1. The minimum atomic E-state index is -4.63. The number of hydrogen-bond acceptors (Lipinski definition) is 8. The molecule has 0 unspecified atom stereocenters. The molecule has 4 aromatic rings. The zero-order chi connectivity index (χ0) is 33.3. The summed E-state index contributed by atoms with van der Waals surface area (Å²) < 4.78 is 63.9. The monoisotopic (exact) mass is 648 g/mol. The molecule has 1 saturated carbocycles. The second-order valence-electron chi connectivity index (χ2n) is 11.7. The Labute approximate surface area is 268 Å². The number of unbranched alkanes of at least 4 members (excludes halogenated alkanes) is 1. The second kappa shape index (κ2) is 13.1. The van der Waals surface area contributed by atoms with Crippen LogP contribution in [0.15, 0.2) is 48.8 Å². The van der Waals surface area contributed by atoms with Crippen molar-refractivity contribution in [2.75, 3.05) is 23.9 Å². The lowest BCUT2D eigenvalue weighted by molar-refractivity contribution is -0.137. The minimum Gasteiger partial charge on any atom is -0.381 e. The van der Waals surface area contributed by atoms with E-state index in [1.807, 2.05) is 0 Å². The molecule has 6 rings (SSSR count). The number of hydrogen-bond donors (Lipinski definition) is 2. The molecule has 1 fully saturated rings. The van der Waals surface area contributed by atoms with Crippen molar-refractivity contribution in [3.05, 3.63) is 76.9 Å². The van der Waals surface area contributed by atoms with Crippen molar-refractivity contribution in [3.8, 4) is 28.6 Å². The van der Waals surface area contributed by atoms with Crippen LogP contribution in [0.25, 0.3) is 22.5 Å². The van der Waals surface area contributed by atoms with E-state index in [0.29, 0.717) is 36.2 Å². The van der Waals surface area contributed by atoms with Gasteiger partial charge in [0.25, 0.3) is 5.91 Å². The fraction of sp³-hybridized carbons (Fsp3) is 0.364. The number of nitrogens with one attached hydrogen (secondary N) is 2. The fourth-order valence-corrected chi connectivity index (χ4v) is 5.79. The Morgan fingerprint density at radius 3 is 2.62 bits per heavy atom. The quantitative estimate of drug-likeness (QED) is 0.154. The van der Waals surface area contributed by atoms with Crippen molar-refractivity contribution in [2.24, 2.45) is 7.05 Å². The summed E-state index contributed by atoms with van der Waals surface area (Å²) in [6.45, 7) is 0.627. The summed E-state index contributed by atoms with van der Waals surface area (Å²) in [6.07, 6.45) is -0.483. The number of pyridine rings is 1. The second-order valence-corrected chi connectivity index (χ2v) is 11.7. The molecule has 2 N–H and O–H groups in total. The number of anilines is 2. The predicted octanol–water partition coefficient (Wildman–Crippen LogP) is 5.85. The molecule has 0 bridgehead atoms. The number of aryl methyl sites for hydroxylation is 1. The van der Waals surface area contributed by atoms with Gasteiger partial charge in [-0.2, -0.15) is 23.5 Å². The lowest BCUT2D eigenvalue weighted by atomic mass is 9.89. The number of methoxy groups -OCH3 is 1. The lowest BCUT2D eigenvalue weighted by Crippen LogP contribution is -2.44. The topological polar surface area (TPSA) is 121 Å². The lowest BCUT2D eigenvalue weighted by Gasteiger charge is -2.34. The van der Waals surface area contributed by atoms with Crippen LogP contribution in [-0.4, -0.2) is 51.5 Å². The highest BCUT2D eigenvalue weighted by atomic mass is 19.4. The molecule has 10 nitrogen and oxygen atoms in total.